The summed E-state index contributed by atoms with van der Waals surface area (Å²) < 4.78 is 5.18. The third-order valence-corrected chi connectivity index (χ3v) is 3.14. The van der Waals surface area contributed by atoms with Gasteiger partial charge in [-0.2, -0.15) is 0 Å². The van der Waals surface area contributed by atoms with Gasteiger partial charge in [0.2, 0.25) is 0 Å². The van der Waals surface area contributed by atoms with Crippen molar-refractivity contribution in [3.05, 3.63) is 29.8 Å². The zero-order valence-corrected chi connectivity index (χ0v) is 8.57. The molecule has 0 heterocycles. The van der Waals surface area contributed by atoms with Gasteiger partial charge in [0.1, 0.15) is 5.75 Å². The molecule has 0 saturated heterocycles. The van der Waals surface area contributed by atoms with Crippen LogP contribution in [0.2, 0.25) is 0 Å². The number of benzene rings is 1. The Morgan fingerprint density at radius 1 is 1.43 bits per heavy atom. The lowest BCUT2D eigenvalue weighted by molar-refractivity contribution is 0.264. The molecule has 1 aromatic rings. The molecule has 0 unspecified atom stereocenters. The molecule has 0 spiro atoms. The van der Waals surface area contributed by atoms with Crippen LogP contribution in [0.4, 0.5) is 0 Å². The molecule has 0 amide bonds. The second-order valence-corrected chi connectivity index (χ2v) is 3.99. The lowest BCUT2D eigenvalue weighted by Gasteiger charge is -2.31. The number of nitrogens with two attached hydrogens (primary N) is 1. The normalized spacial score (nSPS) is 18.7. The van der Waals surface area contributed by atoms with Crippen molar-refractivity contribution >= 4 is 0 Å². The summed E-state index contributed by atoms with van der Waals surface area (Å²) in [6, 6.07) is 8.29. The van der Waals surface area contributed by atoms with E-state index in [4.69, 9.17) is 10.5 Å². The maximum atomic E-state index is 6.17. The van der Waals surface area contributed by atoms with Gasteiger partial charge in [-0.05, 0) is 36.5 Å². The maximum Gasteiger partial charge on any atom is 0.119 e. The minimum Gasteiger partial charge on any atom is -0.497 e. The van der Waals surface area contributed by atoms with Crippen LogP contribution in [-0.2, 0) is 0 Å². The lowest BCUT2D eigenvalue weighted by Crippen LogP contribution is -2.26. The van der Waals surface area contributed by atoms with Gasteiger partial charge in [-0.3, -0.25) is 0 Å². The Bertz CT molecular complexity index is 307. The maximum absolute atomic E-state index is 6.17. The third kappa shape index (κ3) is 1.75. The largest absolute Gasteiger partial charge is 0.497 e. The zero-order chi connectivity index (χ0) is 9.97. The summed E-state index contributed by atoms with van der Waals surface area (Å²) in [5.41, 5.74) is 7.37. The molecule has 1 atom stereocenters. The summed E-state index contributed by atoms with van der Waals surface area (Å²) in [5, 5.41) is 0. The summed E-state index contributed by atoms with van der Waals surface area (Å²) in [7, 11) is 1.69. The monoisotopic (exact) mass is 191 g/mol. The number of hydrogen-bond acceptors (Lipinski definition) is 2. The summed E-state index contributed by atoms with van der Waals surface area (Å²) in [6.45, 7) is 0. The van der Waals surface area contributed by atoms with Crippen molar-refractivity contribution in [3.63, 3.8) is 0 Å². The van der Waals surface area contributed by atoms with E-state index in [-0.39, 0.29) is 6.04 Å². The van der Waals surface area contributed by atoms with Crippen molar-refractivity contribution in [1.29, 1.82) is 0 Å². The Morgan fingerprint density at radius 2 is 2.21 bits per heavy atom. The van der Waals surface area contributed by atoms with Crippen LogP contribution in [0.25, 0.3) is 0 Å². The standard InChI is InChI=1S/C12H17NO/c1-14-11-7-3-6-10(8-11)12(13)9-4-2-5-9/h3,6-9,12H,2,4-5,13H2,1H3/t12-/m0/s1. The van der Waals surface area contributed by atoms with Crippen LogP contribution in [0.3, 0.4) is 0 Å². The lowest BCUT2D eigenvalue weighted by atomic mass is 9.77. The topological polar surface area (TPSA) is 35.2 Å². The second kappa shape index (κ2) is 4.01. The fourth-order valence-corrected chi connectivity index (χ4v) is 1.92. The molecule has 1 aromatic carbocycles. The molecule has 0 radical (unpaired) electrons. The molecule has 2 nitrogen and oxygen atoms in total. The molecule has 76 valence electrons. The van der Waals surface area contributed by atoms with Crippen LogP contribution in [0, 0.1) is 5.92 Å². The van der Waals surface area contributed by atoms with Crippen LogP contribution in [0.1, 0.15) is 30.9 Å². The van der Waals surface area contributed by atoms with Gasteiger partial charge in [0.05, 0.1) is 7.11 Å². The smallest absolute Gasteiger partial charge is 0.119 e. The Hall–Kier alpha value is -1.02. The first-order valence-corrected chi connectivity index (χ1v) is 5.21. The molecule has 0 aromatic heterocycles. The first kappa shape index (κ1) is 9.53. The molecule has 1 aliphatic rings. The van der Waals surface area contributed by atoms with Gasteiger partial charge < -0.3 is 10.5 Å². The molecular formula is C12H17NO. The quantitative estimate of drug-likeness (QED) is 0.796. The molecule has 2 heteroatoms. The Kier molecular flexibility index (Phi) is 2.73. The predicted octanol–water partition coefficient (Wildman–Crippen LogP) is 2.50. The molecule has 2 rings (SSSR count). The van der Waals surface area contributed by atoms with E-state index in [0.717, 1.165) is 5.75 Å². The van der Waals surface area contributed by atoms with Gasteiger partial charge in [-0.25, -0.2) is 0 Å². The van der Waals surface area contributed by atoms with Crippen molar-refractivity contribution in [1.82, 2.24) is 0 Å². The Balaban J connectivity index is 2.13. The number of rotatable bonds is 3. The van der Waals surface area contributed by atoms with E-state index in [1.54, 1.807) is 7.11 Å². The summed E-state index contributed by atoms with van der Waals surface area (Å²) >= 11 is 0. The molecular weight excluding hydrogens is 174 g/mol. The second-order valence-electron chi connectivity index (χ2n) is 3.99. The fourth-order valence-electron chi connectivity index (χ4n) is 1.92. The first-order chi connectivity index (χ1) is 6.81. The minimum absolute atomic E-state index is 0.193. The molecule has 2 N–H and O–H groups in total. The summed E-state index contributed by atoms with van der Waals surface area (Å²) in [6.07, 6.45) is 3.89. The fraction of sp³-hybridized carbons (Fsp3) is 0.500. The van der Waals surface area contributed by atoms with Gasteiger partial charge in [0, 0.05) is 6.04 Å². The van der Waals surface area contributed by atoms with E-state index in [9.17, 15) is 0 Å². The molecule has 0 aliphatic heterocycles. The van der Waals surface area contributed by atoms with Crippen LogP contribution in [0.5, 0.6) is 5.75 Å². The van der Waals surface area contributed by atoms with E-state index in [2.05, 4.69) is 6.07 Å². The van der Waals surface area contributed by atoms with Gasteiger partial charge >= 0.3 is 0 Å². The van der Waals surface area contributed by atoms with E-state index in [1.165, 1.54) is 24.8 Å². The highest BCUT2D eigenvalue weighted by molar-refractivity contribution is 5.30. The van der Waals surface area contributed by atoms with E-state index in [1.807, 2.05) is 18.2 Å². The molecule has 14 heavy (non-hydrogen) atoms. The van der Waals surface area contributed by atoms with Gasteiger partial charge in [-0.1, -0.05) is 18.6 Å². The molecule has 1 fully saturated rings. The average molecular weight is 191 g/mol. The predicted molar refractivity (Wildman–Crippen MR) is 57.3 cm³/mol. The van der Waals surface area contributed by atoms with Crippen molar-refractivity contribution in [2.75, 3.05) is 7.11 Å². The van der Waals surface area contributed by atoms with Gasteiger partial charge in [0.25, 0.3) is 0 Å². The third-order valence-electron chi connectivity index (χ3n) is 3.14. The highest BCUT2D eigenvalue weighted by Gasteiger charge is 2.25. The van der Waals surface area contributed by atoms with Crippen LogP contribution < -0.4 is 10.5 Å². The average Bonchev–Trinajstić information content (AvgIpc) is 2.15. The van der Waals surface area contributed by atoms with E-state index in [0.29, 0.717) is 5.92 Å². The first-order valence-electron chi connectivity index (χ1n) is 5.21. The van der Waals surface area contributed by atoms with Gasteiger partial charge in [-0.15, -0.1) is 0 Å². The van der Waals surface area contributed by atoms with Gasteiger partial charge in [0.15, 0.2) is 0 Å². The highest BCUT2D eigenvalue weighted by atomic mass is 16.5. The van der Waals surface area contributed by atoms with Crippen LogP contribution in [0.15, 0.2) is 24.3 Å². The highest BCUT2D eigenvalue weighted by Crippen LogP contribution is 2.36. The number of ether oxygens (including phenoxy) is 1. The molecule has 0 bridgehead atoms. The number of methoxy groups -OCH3 is 1. The van der Waals surface area contributed by atoms with Crippen LogP contribution in [-0.4, -0.2) is 7.11 Å². The van der Waals surface area contributed by atoms with Crippen molar-refractivity contribution in [2.45, 2.75) is 25.3 Å². The molecule has 1 saturated carbocycles. The Morgan fingerprint density at radius 3 is 2.79 bits per heavy atom. The summed E-state index contributed by atoms with van der Waals surface area (Å²) in [4.78, 5) is 0. The number of hydrogen-bond donors (Lipinski definition) is 1. The minimum atomic E-state index is 0.193. The van der Waals surface area contributed by atoms with Crippen molar-refractivity contribution < 1.29 is 4.74 Å². The summed E-state index contributed by atoms with van der Waals surface area (Å²) in [5.74, 6) is 1.58. The SMILES string of the molecule is COc1cccc([C@@H](N)C2CCC2)c1. The van der Waals surface area contributed by atoms with Crippen LogP contribution >= 0.6 is 0 Å². The zero-order valence-electron chi connectivity index (χ0n) is 8.57. The Labute approximate surface area is 85.1 Å². The van der Waals surface area contributed by atoms with E-state index >= 15 is 0 Å². The van der Waals surface area contributed by atoms with Crippen molar-refractivity contribution in [2.24, 2.45) is 11.7 Å². The van der Waals surface area contributed by atoms with Crippen molar-refractivity contribution in [3.8, 4) is 5.75 Å². The van der Waals surface area contributed by atoms with E-state index < -0.39 is 0 Å². The molecule has 1 aliphatic carbocycles.